The van der Waals surface area contributed by atoms with E-state index in [9.17, 15) is 5.11 Å². The van der Waals surface area contributed by atoms with Crippen molar-refractivity contribution in [3.63, 3.8) is 0 Å². The number of aryl methyl sites for hydroxylation is 4. The number of H-pyrrole nitrogens is 1. The number of fused-ring (bicyclic) bond motifs is 1. The van der Waals surface area contributed by atoms with Gasteiger partial charge in [-0.05, 0) is 45.4 Å². The van der Waals surface area contributed by atoms with E-state index in [1.807, 2.05) is 26.8 Å². The summed E-state index contributed by atoms with van der Waals surface area (Å²) in [6, 6.07) is 8.36. The summed E-state index contributed by atoms with van der Waals surface area (Å²) >= 11 is 0. The topological polar surface area (TPSA) is 68.3 Å². The summed E-state index contributed by atoms with van der Waals surface area (Å²) in [6.07, 6.45) is -0.500. The van der Waals surface area contributed by atoms with Crippen molar-refractivity contribution in [1.29, 1.82) is 0 Å². The Balaban J connectivity index is 1.43. The first-order chi connectivity index (χ1) is 13.4. The lowest BCUT2D eigenvalue weighted by Gasteiger charge is -2.35. The lowest BCUT2D eigenvalue weighted by Crippen LogP contribution is -2.48. The Morgan fingerprint density at radius 1 is 1.00 bits per heavy atom. The second kappa shape index (κ2) is 7.53. The maximum Gasteiger partial charge on any atom is 0.225 e. The molecule has 1 aliphatic rings. The number of hydrogen-bond acceptors (Lipinski definition) is 5. The van der Waals surface area contributed by atoms with Gasteiger partial charge in [-0.15, -0.1) is 0 Å². The summed E-state index contributed by atoms with van der Waals surface area (Å²) < 4.78 is 0. The summed E-state index contributed by atoms with van der Waals surface area (Å²) in [5.41, 5.74) is 6.41. The normalized spacial score (nSPS) is 16.7. The number of nitrogens with one attached hydrogen (secondary N) is 1. The molecule has 0 saturated carbocycles. The molecule has 3 heterocycles. The minimum absolute atomic E-state index is 0.500. The number of anilines is 1. The van der Waals surface area contributed by atoms with Crippen LogP contribution in [0.1, 0.15) is 34.3 Å². The number of piperazine rings is 1. The van der Waals surface area contributed by atoms with Gasteiger partial charge in [-0.2, -0.15) is 0 Å². The van der Waals surface area contributed by atoms with Gasteiger partial charge in [-0.1, -0.05) is 12.1 Å². The minimum Gasteiger partial charge on any atom is -0.387 e. The first-order valence-electron chi connectivity index (χ1n) is 9.97. The van der Waals surface area contributed by atoms with E-state index in [2.05, 4.69) is 49.9 Å². The van der Waals surface area contributed by atoms with Crippen LogP contribution in [0.4, 0.5) is 5.95 Å². The van der Waals surface area contributed by atoms with E-state index in [0.717, 1.165) is 65.7 Å². The van der Waals surface area contributed by atoms with Crippen molar-refractivity contribution < 1.29 is 5.11 Å². The van der Waals surface area contributed by atoms with Gasteiger partial charge in [0.25, 0.3) is 0 Å². The van der Waals surface area contributed by atoms with Gasteiger partial charge in [0.05, 0.1) is 6.10 Å². The van der Waals surface area contributed by atoms with Crippen LogP contribution in [0, 0.1) is 27.7 Å². The number of β-amino-alcohol motifs (C(OH)–C–C–N with tert-alkyl or cyclic N) is 1. The predicted molar refractivity (Wildman–Crippen MR) is 113 cm³/mol. The molecular formula is C22H29N5O. The molecule has 148 valence electrons. The fourth-order valence-electron chi connectivity index (χ4n) is 4.21. The zero-order chi connectivity index (χ0) is 19.8. The van der Waals surface area contributed by atoms with Crippen LogP contribution in [0.5, 0.6) is 0 Å². The zero-order valence-corrected chi connectivity index (χ0v) is 17.2. The molecule has 0 bridgehead atoms. The van der Waals surface area contributed by atoms with Crippen LogP contribution in [-0.4, -0.2) is 57.7 Å². The average molecular weight is 380 g/mol. The average Bonchev–Trinajstić information content (AvgIpc) is 2.96. The van der Waals surface area contributed by atoms with Crippen molar-refractivity contribution in [2.75, 3.05) is 37.6 Å². The van der Waals surface area contributed by atoms with Gasteiger partial charge in [-0.25, -0.2) is 9.97 Å². The standard InChI is InChI=1S/C22H29N5O/c1-14-5-6-18-19(11-14)25-17(4)21(18)20(28)13-26-7-9-27(10-8-26)22-23-15(2)12-16(3)24-22/h5-6,11-12,20,25,28H,7-10,13H2,1-4H3/t20-/m0/s1. The Labute approximate surface area is 166 Å². The van der Waals surface area contributed by atoms with Crippen LogP contribution in [0.25, 0.3) is 10.9 Å². The summed E-state index contributed by atoms with van der Waals surface area (Å²) in [7, 11) is 0. The van der Waals surface area contributed by atoms with E-state index in [0.29, 0.717) is 6.54 Å². The lowest BCUT2D eigenvalue weighted by molar-refractivity contribution is 0.110. The number of rotatable bonds is 4. The van der Waals surface area contributed by atoms with Crippen molar-refractivity contribution in [2.24, 2.45) is 0 Å². The van der Waals surface area contributed by atoms with Gasteiger partial charge in [0.15, 0.2) is 0 Å². The molecule has 1 fully saturated rings. The Hall–Kier alpha value is -2.44. The molecule has 6 nitrogen and oxygen atoms in total. The van der Waals surface area contributed by atoms with Crippen molar-refractivity contribution in [3.8, 4) is 0 Å². The van der Waals surface area contributed by atoms with E-state index in [1.54, 1.807) is 0 Å². The van der Waals surface area contributed by atoms with Crippen LogP contribution in [0.2, 0.25) is 0 Å². The molecule has 4 rings (SSSR count). The largest absolute Gasteiger partial charge is 0.387 e. The van der Waals surface area contributed by atoms with E-state index >= 15 is 0 Å². The lowest BCUT2D eigenvalue weighted by atomic mass is 10.0. The Bertz CT molecular complexity index is 968. The van der Waals surface area contributed by atoms with E-state index in [-0.39, 0.29) is 0 Å². The van der Waals surface area contributed by atoms with Crippen molar-refractivity contribution in [3.05, 3.63) is 52.5 Å². The van der Waals surface area contributed by atoms with E-state index in [1.165, 1.54) is 5.56 Å². The molecule has 3 aromatic rings. The molecule has 6 heteroatoms. The molecule has 1 aromatic carbocycles. The highest BCUT2D eigenvalue weighted by molar-refractivity contribution is 5.85. The molecule has 0 unspecified atom stereocenters. The number of aromatic nitrogens is 3. The summed E-state index contributed by atoms with van der Waals surface area (Å²) in [4.78, 5) is 17.2. The monoisotopic (exact) mass is 379 g/mol. The fraction of sp³-hybridized carbons (Fsp3) is 0.455. The highest BCUT2D eigenvalue weighted by Crippen LogP contribution is 2.29. The van der Waals surface area contributed by atoms with Crippen LogP contribution in [0.3, 0.4) is 0 Å². The van der Waals surface area contributed by atoms with Crippen molar-refractivity contribution in [2.45, 2.75) is 33.8 Å². The molecule has 0 radical (unpaired) electrons. The molecule has 28 heavy (non-hydrogen) atoms. The molecule has 1 aliphatic heterocycles. The second-order valence-corrected chi connectivity index (χ2v) is 7.97. The zero-order valence-electron chi connectivity index (χ0n) is 17.2. The van der Waals surface area contributed by atoms with Crippen LogP contribution >= 0.6 is 0 Å². The number of aliphatic hydroxyl groups excluding tert-OH is 1. The van der Waals surface area contributed by atoms with Crippen LogP contribution in [0.15, 0.2) is 24.3 Å². The molecule has 0 spiro atoms. The number of aromatic amines is 1. The Morgan fingerprint density at radius 2 is 1.68 bits per heavy atom. The number of benzene rings is 1. The summed E-state index contributed by atoms with van der Waals surface area (Å²) in [5, 5.41) is 12.1. The van der Waals surface area contributed by atoms with E-state index < -0.39 is 6.10 Å². The van der Waals surface area contributed by atoms with Crippen LogP contribution in [-0.2, 0) is 0 Å². The predicted octanol–water partition coefficient (Wildman–Crippen LogP) is 3.05. The quantitative estimate of drug-likeness (QED) is 0.729. The van der Waals surface area contributed by atoms with Gasteiger partial charge >= 0.3 is 0 Å². The number of hydrogen-bond donors (Lipinski definition) is 2. The van der Waals surface area contributed by atoms with Crippen molar-refractivity contribution in [1.82, 2.24) is 19.9 Å². The molecule has 1 saturated heterocycles. The third kappa shape index (κ3) is 3.75. The highest BCUT2D eigenvalue weighted by Gasteiger charge is 2.24. The van der Waals surface area contributed by atoms with Crippen LogP contribution < -0.4 is 4.90 Å². The maximum atomic E-state index is 11.0. The second-order valence-electron chi connectivity index (χ2n) is 7.97. The SMILES string of the molecule is Cc1ccc2c([C@@H](O)CN3CCN(c4nc(C)cc(C)n4)CC3)c(C)[nH]c2c1. The molecule has 0 aliphatic carbocycles. The van der Waals surface area contributed by atoms with Gasteiger partial charge in [0.1, 0.15) is 0 Å². The third-order valence-corrected chi connectivity index (χ3v) is 5.58. The van der Waals surface area contributed by atoms with Gasteiger partial charge in [-0.3, -0.25) is 4.90 Å². The molecule has 2 aromatic heterocycles. The molecule has 2 N–H and O–H groups in total. The number of aliphatic hydroxyl groups is 1. The fourth-order valence-corrected chi connectivity index (χ4v) is 4.21. The van der Waals surface area contributed by atoms with Gasteiger partial charge in [0.2, 0.25) is 5.95 Å². The summed E-state index contributed by atoms with van der Waals surface area (Å²) in [5.74, 6) is 0.820. The Kier molecular flexibility index (Phi) is 5.08. The third-order valence-electron chi connectivity index (χ3n) is 5.58. The number of nitrogens with zero attached hydrogens (tertiary/aromatic N) is 4. The Morgan fingerprint density at radius 3 is 2.36 bits per heavy atom. The molecule has 1 atom stereocenters. The summed E-state index contributed by atoms with van der Waals surface area (Å²) in [6.45, 7) is 12.3. The minimum atomic E-state index is -0.500. The smallest absolute Gasteiger partial charge is 0.225 e. The van der Waals surface area contributed by atoms with Gasteiger partial charge < -0.3 is 15.0 Å². The maximum absolute atomic E-state index is 11.0. The molecular weight excluding hydrogens is 350 g/mol. The van der Waals surface area contributed by atoms with Crippen molar-refractivity contribution >= 4 is 16.9 Å². The first-order valence-corrected chi connectivity index (χ1v) is 9.97. The molecule has 0 amide bonds. The van der Waals surface area contributed by atoms with E-state index in [4.69, 9.17) is 0 Å². The van der Waals surface area contributed by atoms with Gasteiger partial charge in [0, 0.05) is 66.3 Å². The first kappa shape index (κ1) is 18.9. The highest BCUT2D eigenvalue weighted by atomic mass is 16.3.